The third-order valence-corrected chi connectivity index (χ3v) is 0.514. The van der Waals surface area contributed by atoms with Crippen molar-refractivity contribution in [3.63, 3.8) is 0 Å². The van der Waals surface area contributed by atoms with Gasteiger partial charge in [0.05, 0.1) is 0 Å². The number of rotatable bonds is 0. The Morgan fingerprint density at radius 3 is 1.86 bits per heavy atom. The Morgan fingerprint density at radius 2 is 1.71 bits per heavy atom. The number of hydrogen-bond donors (Lipinski definition) is 0. The van der Waals surface area contributed by atoms with Gasteiger partial charge < -0.3 is 4.98 Å². The summed E-state index contributed by atoms with van der Waals surface area (Å²) in [5, 5.41) is 0. The molecule has 7 heavy (non-hydrogen) atoms. The molecule has 0 radical (unpaired) electrons. The number of pyridine rings is 1. The monoisotopic (exact) mass is 163 g/mol. The Balaban J connectivity index is 0.000000360. The first-order valence-electron chi connectivity index (χ1n) is 1.76. The molecule has 0 aliphatic carbocycles. The molecule has 0 aromatic carbocycles. The SMILES string of the molecule is [Rb+].[c-]1ccncc1. The maximum atomic E-state index is 3.75. The molecule has 0 aliphatic heterocycles. The molecule has 0 amide bonds. The summed E-state index contributed by atoms with van der Waals surface area (Å²) in [4.78, 5) is 3.75. The zero-order valence-electron chi connectivity index (χ0n) is 4.26. The van der Waals surface area contributed by atoms with E-state index in [1.807, 2.05) is 0 Å². The Labute approximate surface area is 91.9 Å². The molecule has 0 spiro atoms. The van der Waals surface area contributed by atoms with Crippen molar-refractivity contribution in [1.82, 2.24) is 4.98 Å². The molecule has 0 saturated carbocycles. The van der Waals surface area contributed by atoms with Crippen LogP contribution in [-0.4, -0.2) is 4.98 Å². The van der Waals surface area contributed by atoms with Crippen LogP contribution in [0, 0.1) is 6.07 Å². The van der Waals surface area contributed by atoms with Crippen LogP contribution in [0.1, 0.15) is 0 Å². The van der Waals surface area contributed by atoms with Crippen molar-refractivity contribution in [1.29, 1.82) is 0 Å². The van der Waals surface area contributed by atoms with E-state index in [1.54, 1.807) is 24.5 Å². The summed E-state index contributed by atoms with van der Waals surface area (Å²) in [6, 6.07) is 6.36. The molecule has 1 aromatic heterocycles. The third kappa shape index (κ3) is 3.53. The Morgan fingerprint density at radius 1 is 1.14 bits per heavy atom. The van der Waals surface area contributed by atoms with Gasteiger partial charge in [0.2, 0.25) is 0 Å². The Hall–Kier alpha value is 0.955. The van der Waals surface area contributed by atoms with Gasteiger partial charge >= 0.3 is 58.2 Å². The summed E-state index contributed by atoms with van der Waals surface area (Å²) in [6.07, 6.45) is 3.39. The van der Waals surface area contributed by atoms with Gasteiger partial charge in [-0.3, -0.25) is 0 Å². The molecule has 2 heteroatoms. The summed E-state index contributed by atoms with van der Waals surface area (Å²) in [6.45, 7) is 0. The van der Waals surface area contributed by atoms with Gasteiger partial charge in [0.15, 0.2) is 0 Å². The van der Waals surface area contributed by atoms with Crippen LogP contribution in [0.3, 0.4) is 0 Å². The molecule has 1 nitrogen and oxygen atoms in total. The van der Waals surface area contributed by atoms with Gasteiger partial charge in [-0.15, -0.1) is 0 Å². The van der Waals surface area contributed by atoms with Crippen LogP contribution in [0.15, 0.2) is 24.5 Å². The molecule has 30 valence electrons. The minimum Gasteiger partial charge on any atom is -0.391 e. The molecule has 0 saturated heterocycles. The fraction of sp³-hybridized carbons (Fsp3) is 0. The Bertz CT molecular complexity index is 80.0. The van der Waals surface area contributed by atoms with E-state index in [2.05, 4.69) is 11.1 Å². The molecule has 0 bridgehead atoms. The molecule has 0 unspecified atom stereocenters. The zero-order valence-corrected chi connectivity index (χ0v) is 9.17. The van der Waals surface area contributed by atoms with Crippen molar-refractivity contribution in [2.24, 2.45) is 0 Å². The summed E-state index contributed by atoms with van der Waals surface area (Å²) in [5.74, 6) is 0. The van der Waals surface area contributed by atoms with Crippen LogP contribution in [0.2, 0.25) is 0 Å². The van der Waals surface area contributed by atoms with E-state index in [0.717, 1.165) is 0 Å². The maximum absolute atomic E-state index is 3.75. The van der Waals surface area contributed by atoms with Gasteiger partial charge in [-0.25, -0.2) is 0 Å². The third-order valence-electron chi connectivity index (χ3n) is 0.514. The van der Waals surface area contributed by atoms with Gasteiger partial charge in [0.25, 0.3) is 0 Å². The van der Waals surface area contributed by atoms with E-state index in [-0.39, 0.29) is 58.2 Å². The van der Waals surface area contributed by atoms with Gasteiger partial charge in [-0.2, -0.15) is 18.2 Å². The normalized spacial score (nSPS) is 6.86. The minimum atomic E-state index is 0. The van der Waals surface area contributed by atoms with Crippen molar-refractivity contribution in [2.45, 2.75) is 0 Å². The van der Waals surface area contributed by atoms with E-state index in [9.17, 15) is 0 Å². The van der Waals surface area contributed by atoms with Crippen LogP contribution >= 0.6 is 0 Å². The van der Waals surface area contributed by atoms with E-state index in [4.69, 9.17) is 0 Å². The van der Waals surface area contributed by atoms with Gasteiger partial charge in [-0.1, -0.05) is 12.4 Å². The molecule has 1 aromatic rings. The quantitative estimate of drug-likeness (QED) is 0.399. The first-order chi connectivity index (χ1) is 3.00. The van der Waals surface area contributed by atoms with Gasteiger partial charge in [0.1, 0.15) is 0 Å². The van der Waals surface area contributed by atoms with E-state index < -0.39 is 0 Å². The molecule has 0 N–H and O–H groups in total. The van der Waals surface area contributed by atoms with Crippen molar-refractivity contribution in [3.8, 4) is 0 Å². The average molecular weight is 164 g/mol. The second-order valence-corrected chi connectivity index (χ2v) is 0.947. The van der Waals surface area contributed by atoms with Crippen molar-refractivity contribution >= 4 is 0 Å². The number of hydrogen-bond acceptors (Lipinski definition) is 1. The predicted octanol–water partition coefficient (Wildman–Crippen LogP) is -2.11. The largest absolute Gasteiger partial charge is 1.00 e. The van der Waals surface area contributed by atoms with Gasteiger partial charge in [0, 0.05) is 0 Å². The minimum absolute atomic E-state index is 0. The average Bonchev–Trinajstić information content (AvgIpc) is 1.72. The molecule has 0 fully saturated rings. The molecular weight excluding hydrogens is 160 g/mol. The van der Waals surface area contributed by atoms with E-state index >= 15 is 0 Å². The molecular formula is C5H4NRb. The standard InChI is InChI=1S/C5H4N.Rb/c1-2-4-6-5-3-1;/h2-5H;/q-1;+1. The molecule has 0 atom stereocenters. The van der Waals surface area contributed by atoms with Crippen LogP contribution in [-0.2, 0) is 0 Å². The Kier molecular flexibility index (Phi) is 5.79. The zero-order chi connectivity index (χ0) is 4.24. The second-order valence-electron chi connectivity index (χ2n) is 0.947. The summed E-state index contributed by atoms with van der Waals surface area (Å²) < 4.78 is 0. The molecule has 1 rings (SSSR count). The first-order valence-corrected chi connectivity index (χ1v) is 1.76. The summed E-state index contributed by atoms with van der Waals surface area (Å²) >= 11 is 0. The van der Waals surface area contributed by atoms with Crippen LogP contribution < -0.4 is 58.2 Å². The predicted molar refractivity (Wildman–Crippen MR) is 23.1 cm³/mol. The first kappa shape index (κ1) is 7.96. The molecule has 0 aliphatic rings. The smallest absolute Gasteiger partial charge is 0.391 e. The van der Waals surface area contributed by atoms with Crippen LogP contribution in [0.25, 0.3) is 0 Å². The number of nitrogens with zero attached hydrogens (tertiary/aromatic N) is 1. The second kappa shape index (κ2) is 5.10. The maximum Gasteiger partial charge on any atom is 1.00 e. The summed E-state index contributed by atoms with van der Waals surface area (Å²) in [7, 11) is 0. The van der Waals surface area contributed by atoms with Crippen LogP contribution in [0.4, 0.5) is 0 Å². The van der Waals surface area contributed by atoms with Gasteiger partial charge in [-0.05, 0) is 0 Å². The van der Waals surface area contributed by atoms with E-state index in [1.165, 1.54) is 0 Å². The van der Waals surface area contributed by atoms with E-state index in [0.29, 0.717) is 0 Å². The van der Waals surface area contributed by atoms with Crippen molar-refractivity contribution < 1.29 is 58.2 Å². The summed E-state index contributed by atoms with van der Waals surface area (Å²) in [5.41, 5.74) is 0. The molecule has 1 heterocycles. The number of aromatic nitrogens is 1. The van der Waals surface area contributed by atoms with Crippen molar-refractivity contribution in [2.75, 3.05) is 0 Å². The van der Waals surface area contributed by atoms with Crippen LogP contribution in [0.5, 0.6) is 0 Å². The topological polar surface area (TPSA) is 12.9 Å². The van der Waals surface area contributed by atoms with Crippen molar-refractivity contribution in [3.05, 3.63) is 30.6 Å². The fourth-order valence-corrected chi connectivity index (χ4v) is 0.277. The fourth-order valence-electron chi connectivity index (χ4n) is 0.277.